The summed E-state index contributed by atoms with van der Waals surface area (Å²) < 4.78 is 7.24. The Morgan fingerprint density at radius 3 is 2.79 bits per heavy atom. The fraction of sp³-hybridized carbons (Fsp3) is 0.400. The zero-order valence-corrected chi connectivity index (χ0v) is 18.1. The smallest absolute Gasteiger partial charge is 0.246 e. The Morgan fingerprint density at radius 1 is 1.34 bits per heavy atom. The molecule has 0 spiro atoms. The zero-order valence-electron chi connectivity index (χ0n) is 17.3. The van der Waals surface area contributed by atoms with Crippen LogP contribution in [-0.2, 0) is 20.0 Å². The summed E-state index contributed by atoms with van der Waals surface area (Å²) in [5.41, 5.74) is 4.30. The Kier molecular flexibility index (Phi) is 6.53. The monoisotopic (exact) mass is 415 g/mol. The minimum absolute atomic E-state index is 0.174. The molecule has 154 valence electrons. The Hall–Kier alpha value is -2.87. The predicted octanol–water partition coefficient (Wildman–Crippen LogP) is 3.04. The van der Waals surface area contributed by atoms with E-state index in [9.17, 15) is 0 Å². The van der Waals surface area contributed by atoms with E-state index >= 15 is 0 Å². The number of aliphatic imine (C=N–C) groups is 1. The second kappa shape index (κ2) is 9.09. The maximum atomic E-state index is 6.02. The Morgan fingerprint density at radius 2 is 2.14 bits per heavy atom. The fourth-order valence-corrected chi connectivity index (χ4v) is 3.32. The SMILES string of the molecule is CN=C(NCc1nc(-c2cccc(Cl)c2)no1)NC(C)Cc1c(C)nn(C)c1C. The van der Waals surface area contributed by atoms with Crippen molar-refractivity contribution in [3.8, 4) is 11.4 Å². The summed E-state index contributed by atoms with van der Waals surface area (Å²) in [5, 5.41) is 15.7. The van der Waals surface area contributed by atoms with E-state index in [0.29, 0.717) is 29.2 Å². The summed E-state index contributed by atoms with van der Waals surface area (Å²) in [4.78, 5) is 8.69. The highest BCUT2D eigenvalue weighted by Gasteiger charge is 2.15. The van der Waals surface area contributed by atoms with Gasteiger partial charge in [0.1, 0.15) is 0 Å². The number of nitrogens with zero attached hydrogens (tertiary/aromatic N) is 5. The van der Waals surface area contributed by atoms with Gasteiger partial charge in [0, 0.05) is 36.4 Å². The number of benzene rings is 1. The lowest BCUT2D eigenvalue weighted by Crippen LogP contribution is -2.42. The van der Waals surface area contributed by atoms with Crippen LogP contribution in [0.5, 0.6) is 0 Å². The third-order valence-electron chi connectivity index (χ3n) is 4.73. The molecular weight excluding hydrogens is 390 g/mol. The van der Waals surface area contributed by atoms with Crippen molar-refractivity contribution in [3.63, 3.8) is 0 Å². The molecule has 0 aliphatic carbocycles. The average Bonchev–Trinajstić information content (AvgIpc) is 3.25. The maximum Gasteiger partial charge on any atom is 0.246 e. The molecule has 8 nitrogen and oxygen atoms in total. The van der Waals surface area contributed by atoms with Crippen LogP contribution < -0.4 is 10.6 Å². The van der Waals surface area contributed by atoms with Crippen LogP contribution in [0.15, 0.2) is 33.8 Å². The van der Waals surface area contributed by atoms with Crippen molar-refractivity contribution in [2.24, 2.45) is 12.0 Å². The molecule has 0 bridgehead atoms. The quantitative estimate of drug-likeness (QED) is 0.474. The van der Waals surface area contributed by atoms with E-state index in [1.54, 1.807) is 19.2 Å². The molecule has 0 radical (unpaired) electrons. The van der Waals surface area contributed by atoms with Crippen molar-refractivity contribution in [2.75, 3.05) is 7.05 Å². The highest BCUT2D eigenvalue weighted by Crippen LogP contribution is 2.20. The molecule has 9 heteroatoms. The molecule has 1 atom stereocenters. The van der Waals surface area contributed by atoms with Gasteiger partial charge in [0.05, 0.1) is 12.2 Å². The van der Waals surface area contributed by atoms with Gasteiger partial charge in [-0.15, -0.1) is 0 Å². The van der Waals surface area contributed by atoms with Gasteiger partial charge in [0.25, 0.3) is 0 Å². The van der Waals surface area contributed by atoms with Crippen LogP contribution in [0.2, 0.25) is 5.02 Å². The van der Waals surface area contributed by atoms with Crippen molar-refractivity contribution < 1.29 is 4.52 Å². The first-order valence-corrected chi connectivity index (χ1v) is 9.80. The van der Waals surface area contributed by atoms with Crippen LogP contribution in [0, 0.1) is 13.8 Å². The van der Waals surface area contributed by atoms with E-state index < -0.39 is 0 Å². The molecule has 3 rings (SSSR count). The van der Waals surface area contributed by atoms with Crippen LogP contribution >= 0.6 is 11.6 Å². The number of nitrogens with one attached hydrogen (secondary N) is 2. The molecule has 2 aromatic heterocycles. The molecule has 2 N–H and O–H groups in total. The number of guanidine groups is 1. The van der Waals surface area contributed by atoms with Crippen molar-refractivity contribution in [2.45, 2.75) is 39.8 Å². The van der Waals surface area contributed by atoms with Crippen molar-refractivity contribution in [1.82, 2.24) is 30.6 Å². The molecule has 0 saturated heterocycles. The summed E-state index contributed by atoms with van der Waals surface area (Å²) >= 11 is 6.02. The second-order valence-electron chi connectivity index (χ2n) is 6.97. The summed E-state index contributed by atoms with van der Waals surface area (Å²) in [6.45, 7) is 6.60. The minimum atomic E-state index is 0.174. The predicted molar refractivity (Wildman–Crippen MR) is 114 cm³/mol. The normalized spacial score (nSPS) is 12.8. The van der Waals surface area contributed by atoms with Crippen LogP contribution in [-0.4, -0.2) is 39.0 Å². The highest BCUT2D eigenvalue weighted by molar-refractivity contribution is 6.30. The van der Waals surface area contributed by atoms with Gasteiger partial charge >= 0.3 is 0 Å². The van der Waals surface area contributed by atoms with Crippen LogP contribution in [0.1, 0.15) is 29.8 Å². The number of aryl methyl sites for hydroxylation is 2. The first kappa shape index (κ1) is 20.9. The lowest BCUT2D eigenvalue weighted by molar-refractivity contribution is 0.375. The molecular formula is C20H26ClN7O. The standard InChI is InChI=1S/C20H26ClN7O/c1-12(9-17-13(2)26-28(5)14(17)3)24-20(22-4)23-11-18-25-19(27-29-18)15-7-6-8-16(21)10-15/h6-8,10,12H,9,11H2,1-5H3,(H2,22,23,24). The molecule has 1 aromatic carbocycles. The van der Waals surface area contributed by atoms with E-state index in [2.05, 4.69) is 44.7 Å². The van der Waals surface area contributed by atoms with Gasteiger partial charge in [-0.05, 0) is 44.9 Å². The number of aromatic nitrogens is 4. The summed E-state index contributed by atoms with van der Waals surface area (Å²) in [6.07, 6.45) is 0.853. The number of halogens is 1. The molecule has 1 unspecified atom stereocenters. The molecule has 2 heterocycles. The topological polar surface area (TPSA) is 93.2 Å². The van der Waals surface area contributed by atoms with Gasteiger partial charge in [-0.1, -0.05) is 28.9 Å². The lowest BCUT2D eigenvalue weighted by Gasteiger charge is -2.17. The Labute approximate surface area is 175 Å². The van der Waals surface area contributed by atoms with Gasteiger partial charge in [-0.2, -0.15) is 10.1 Å². The molecule has 0 aliphatic heterocycles. The van der Waals surface area contributed by atoms with E-state index in [0.717, 1.165) is 17.7 Å². The summed E-state index contributed by atoms with van der Waals surface area (Å²) in [7, 11) is 3.69. The molecule has 0 saturated carbocycles. The number of hydrogen-bond donors (Lipinski definition) is 2. The zero-order chi connectivity index (χ0) is 21.0. The second-order valence-corrected chi connectivity index (χ2v) is 7.41. The van der Waals surface area contributed by atoms with Gasteiger partial charge in [-0.25, -0.2) is 0 Å². The molecule has 0 fully saturated rings. The summed E-state index contributed by atoms with van der Waals surface area (Å²) in [6, 6.07) is 7.52. The van der Waals surface area contributed by atoms with Gasteiger partial charge < -0.3 is 15.2 Å². The van der Waals surface area contributed by atoms with Crippen LogP contribution in [0.4, 0.5) is 0 Å². The third kappa shape index (κ3) is 5.14. The fourth-order valence-electron chi connectivity index (χ4n) is 3.13. The van der Waals surface area contributed by atoms with E-state index in [1.807, 2.05) is 30.8 Å². The van der Waals surface area contributed by atoms with E-state index in [1.165, 1.54) is 11.3 Å². The van der Waals surface area contributed by atoms with Crippen molar-refractivity contribution >= 4 is 17.6 Å². The van der Waals surface area contributed by atoms with Crippen LogP contribution in [0.3, 0.4) is 0 Å². The molecule has 0 aliphatic rings. The van der Waals surface area contributed by atoms with Crippen LogP contribution in [0.25, 0.3) is 11.4 Å². The largest absolute Gasteiger partial charge is 0.354 e. The average molecular weight is 416 g/mol. The van der Waals surface area contributed by atoms with E-state index in [-0.39, 0.29) is 6.04 Å². The third-order valence-corrected chi connectivity index (χ3v) is 4.97. The first-order chi connectivity index (χ1) is 13.9. The van der Waals surface area contributed by atoms with Gasteiger partial charge in [0.2, 0.25) is 11.7 Å². The maximum absolute atomic E-state index is 6.02. The Balaban J connectivity index is 1.57. The molecule has 3 aromatic rings. The summed E-state index contributed by atoms with van der Waals surface area (Å²) in [5.74, 6) is 1.64. The lowest BCUT2D eigenvalue weighted by atomic mass is 10.1. The number of rotatable bonds is 6. The minimum Gasteiger partial charge on any atom is -0.354 e. The number of hydrogen-bond acceptors (Lipinski definition) is 5. The molecule has 29 heavy (non-hydrogen) atoms. The van der Waals surface area contributed by atoms with Gasteiger partial charge in [0.15, 0.2) is 5.96 Å². The van der Waals surface area contributed by atoms with E-state index in [4.69, 9.17) is 16.1 Å². The van der Waals surface area contributed by atoms with Crippen molar-refractivity contribution in [1.29, 1.82) is 0 Å². The van der Waals surface area contributed by atoms with Crippen molar-refractivity contribution in [3.05, 3.63) is 52.1 Å². The Bertz CT molecular complexity index is 1010. The molecule has 0 amide bonds. The van der Waals surface area contributed by atoms with Gasteiger partial charge in [-0.3, -0.25) is 9.67 Å². The first-order valence-electron chi connectivity index (χ1n) is 9.42. The highest BCUT2D eigenvalue weighted by atomic mass is 35.5.